The van der Waals surface area contributed by atoms with Gasteiger partial charge in [-0.25, -0.2) is 12.8 Å². The normalized spacial score (nSPS) is 11.1. The standard InChI is InChI=1S/C22H20FN5O5S2/c1-32-20-13-18(25-21(27-20)33-2)28-35(30,31)17-10-8-16(9-11-17)24-22(34)26-19(29)12-5-14-3-6-15(23)7-4-14/h3-13H,1-2H3,(H,25,27,28)(H2,24,26,29,34)/b12-5+. The van der Waals surface area contributed by atoms with E-state index in [1.54, 1.807) is 0 Å². The first-order valence-corrected chi connectivity index (χ1v) is 11.7. The molecule has 1 aromatic heterocycles. The van der Waals surface area contributed by atoms with Crippen LogP contribution in [0.4, 0.5) is 15.9 Å². The first-order valence-electron chi connectivity index (χ1n) is 9.84. The van der Waals surface area contributed by atoms with Gasteiger partial charge in [-0.3, -0.25) is 14.8 Å². The Labute approximate surface area is 206 Å². The quantitative estimate of drug-likeness (QED) is 0.305. The number of rotatable bonds is 8. The Kier molecular flexibility index (Phi) is 8.28. The number of carbonyl (C=O) groups excluding carboxylic acids is 1. The van der Waals surface area contributed by atoms with Gasteiger partial charge in [0.2, 0.25) is 11.8 Å². The maximum Gasteiger partial charge on any atom is 0.321 e. The highest BCUT2D eigenvalue weighted by molar-refractivity contribution is 7.92. The number of hydrogen-bond donors (Lipinski definition) is 3. The first-order chi connectivity index (χ1) is 16.7. The van der Waals surface area contributed by atoms with Crippen molar-refractivity contribution in [3.8, 4) is 11.9 Å². The lowest BCUT2D eigenvalue weighted by molar-refractivity contribution is -0.115. The molecule has 3 N–H and O–H groups in total. The van der Waals surface area contributed by atoms with Crippen LogP contribution in [0.5, 0.6) is 11.9 Å². The number of aromatic nitrogens is 2. The summed E-state index contributed by atoms with van der Waals surface area (Å²) in [7, 11) is -1.26. The van der Waals surface area contributed by atoms with E-state index in [1.807, 2.05) is 0 Å². The number of ether oxygens (including phenoxy) is 2. The zero-order valence-electron chi connectivity index (χ0n) is 18.5. The van der Waals surface area contributed by atoms with Gasteiger partial charge in [-0.15, -0.1) is 0 Å². The number of sulfonamides is 1. The minimum absolute atomic E-state index is 0.00710. The van der Waals surface area contributed by atoms with Crippen LogP contribution in [0.1, 0.15) is 5.56 Å². The highest BCUT2D eigenvalue weighted by Crippen LogP contribution is 2.21. The molecule has 35 heavy (non-hydrogen) atoms. The number of thiocarbonyl (C=S) groups is 1. The summed E-state index contributed by atoms with van der Waals surface area (Å²) >= 11 is 5.11. The predicted molar refractivity (Wildman–Crippen MR) is 132 cm³/mol. The zero-order valence-corrected chi connectivity index (χ0v) is 20.1. The van der Waals surface area contributed by atoms with Crippen molar-refractivity contribution in [2.45, 2.75) is 4.90 Å². The molecule has 0 spiro atoms. The summed E-state index contributed by atoms with van der Waals surface area (Å²) in [6, 6.07) is 12.5. The molecule has 0 saturated heterocycles. The summed E-state index contributed by atoms with van der Waals surface area (Å²) in [5.74, 6) is -0.780. The van der Waals surface area contributed by atoms with E-state index >= 15 is 0 Å². The molecule has 0 bridgehead atoms. The molecule has 182 valence electrons. The maximum atomic E-state index is 12.9. The summed E-state index contributed by atoms with van der Waals surface area (Å²) in [6.07, 6.45) is 2.76. The number of anilines is 2. The molecule has 0 aliphatic rings. The summed E-state index contributed by atoms with van der Waals surface area (Å²) < 4.78 is 50.6. The zero-order chi connectivity index (χ0) is 25.4. The highest BCUT2D eigenvalue weighted by Gasteiger charge is 2.17. The van der Waals surface area contributed by atoms with Crippen LogP contribution in [0.15, 0.2) is 65.6 Å². The Bertz CT molecular complexity index is 1330. The van der Waals surface area contributed by atoms with Gasteiger partial charge < -0.3 is 14.8 Å². The second-order valence-corrected chi connectivity index (χ2v) is 8.83. The molecule has 0 aliphatic heterocycles. The maximum absolute atomic E-state index is 12.9. The fraction of sp³-hybridized carbons (Fsp3) is 0.0909. The molecule has 13 heteroatoms. The molecule has 1 amide bonds. The largest absolute Gasteiger partial charge is 0.481 e. The van der Waals surface area contributed by atoms with Crippen LogP contribution >= 0.6 is 12.2 Å². The molecule has 3 aromatic rings. The number of halogens is 1. The number of hydrogen-bond acceptors (Lipinski definition) is 8. The molecular formula is C22H20FN5O5S2. The minimum Gasteiger partial charge on any atom is -0.481 e. The molecule has 0 saturated carbocycles. The first kappa shape index (κ1) is 25.5. The van der Waals surface area contributed by atoms with Gasteiger partial charge in [0.05, 0.1) is 19.1 Å². The van der Waals surface area contributed by atoms with Crippen LogP contribution in [0.3, 0.4) is 0 Å². The van der Waals surface area contributed by atoms with E-state index in [4.69, 9.17) is 21.7 Å². The van der Waals surface area contributed by atoms with Gasteiger partial charge >= 0.3 is 6.01 Å². The van der Waals surface area contributed by atoms with Crippen molar-refractivity contribution in [2.24, 2.45) is 0 Å². The van der Waals surface area contributed by atoms with Crippen LogP contribution in [0.2, 0.25) is 0 Å². The van der Waals surface area contributed by atoms with Gasteiger partial charge in [0, 0.05) is 17.8 Å². The van der Waals surface area contributed by atoms with Gasteiger partial charge in [0.25, 0.3) is 10.0 Å². The van der Waals surface area contributed by atoms with E-state index in [2.05, 4.69) is 25.3 Å². The predicted octanol–water partition coefficient (Wildman–Crippen LogP) is 2.96. The topological polar surface area (TPSA) is 132 Å². The van der Waals surface area contributed by atoms with E-state index in [0.29, 0.717) is 11.3 Å². The van der Waals surface area contributed by atoms with Crippen molar-refractivity contribution < 1.29 is 27.1 Å². The number of methoxy groups -OCH3 is 2. The Morgan fingerprint density at radius 1 is 1.03 bits per heavy atom. The van der Waals surface area contributed by atoms with Crippen LogP contribution < -0.4 is 24.8 Å². The van der Waals surface area contributed by atoms with E-state index in [9.17, 15) is 17.6 Å². The third-order valence-electron chi connectivity index (χ3n) is 4.27. The molecule has 10 nitrogen and oxygen atoms in total. The number of carbonyl (C=O) groups is 1. The summed E-state index contributed by atoms with van der Waals surface area (Å²) in [6.45, 7) is 0. The van der Waals surface area contributed by atoms with Gasteiger partial charge in [-0.2, -0.15) is 9.97 Å². The van der Waals surface area contributed by atoms with Crippen LogP contribution in [0, 0.1) is 5.82 Å². The Morgan fingerprint density at radius 2 is 1.71 bits per heavy atom. The summed E-state index contributed by atoms with van der Waals surface area (Å²) in [4.78, 5) is 19.8. The van der Waals surface area contributed by atoms with E-state index in [1.165, 1.54) is 81.0 Å². The number of benzene rings is 2. The number of amides is 1. The van der Waals surface area contributed by atoms with Gasteiger partial charge in [-0.1, -0.05) is 12.1 Å². The van der Waals surface area contributed by atoms with Gasteiger partial charge in [-0.05, 0) is 60.3 Å². The molecule has 0 fully saturated rings. The SMILES string of the molecule is COc1cc(NS(=O)(=O)c2ccc(NC(=S)NC(=O)/C=C/c3ccc(F)cc3)cc2)nc(OC)n1. The van der Waals surface area contributed by atoms with Crippen molar-refractivity contribution in [3.05, 3.63) is 72.1 Å². The average molecular weight is 518 g/mol. The van der Waals surface area contributed by atoms with Crippen molar-refractivity contribution in [2.75, 3.05) is 24.3 Å². The summed E-state index contributed by atoms with van der Waals surface area (Å²) in [5.41, 5.74) is 1.09. The van der Waals surface area contributed by atoms with Crippen LogP contribution in [0.25, 0.3) is 6.08 Å². The molecule has 3 rings (SSSR count). The molecule has 0 unspecified atom stereocenters. The Balaban J connectivity index is 1.60. The lowest BCUT2D eigenvalue weighted by atomic mass is 10.2. The average Bonchev–Trinajstić information content (AvgIpc) is 2.83. The molecule has 0 radical (unpaired) electrons. The van der Waals surface area contributed by atoms with Crippen molar-refractivity contribution in [1.29, 1.82) is 0 Å². The van der Waals surface area contributed by atoms with Crippen molar-refractivity contribution in [3.63, 3.8) is 0 Å². The summed E-state index contributed by atoms with van der Waals surface area (Å²) in [5, 5.41) is 5.25. The van der Waals surface area contributed by atoms with E-state index < -0.39 is 15.9 Å². The van der Waals surface area contributed by atoms with E-state index in [0.717, 1.165) is 0 Å². The molecule has 0 aliphatic carbocycles. The van der Waals surface area contributed by atoms with Crippen LogP contribution in [-0.4, -0.2) is 43.6 Å². The molecular weight excluding hydrogens is 497 g/mol. The van der Waals surface area contributed by atoms with Gasteiger partial charge in [0.1, 0.15) is 5.82 Å². The number of nitrogens with one attached hydrogen (secondary N) is 3. The number of nitrogens with zero attached hydrogens (tertiary/aromatic N) is 2. The lowest BCUT2D eigenvalue weighted by Crippen LogP contribution is -2.32. The highest BCUT2D eigenvalue weighted by atomic mass is 32.2. The molecule has 1 heterocycles. The fourth-order valence-corrected chi connectivity index (χ4v) is 3.84. The van der Waals surface area contributed by atoms with Gasteiger partial charge in [0.15, 0.2) is 10.9 Å². The van der Waals surface area contributed by atoms with E-state index in [-0.39, 0.29) is 33.5 Å². The molecule has 0 atom stereocenters. The van der Waals surface area contributed by atoms with Crippen LogP contribution in [-0.2, 0) is 14.8 Å². The second kappa shape index (κ2) is 11.4. The Hall–Kier alpha value is -4.10. The second-order valence-electron chi connectivity index (χ2n) is 6.74. The third kappa shape index (κ3) is 7.45. The van der Waals surface area contributed by atoms with Crippen molar-refractivity contribution in [1.82, 2.24) is 15.3 Å². The fourth-order valence-electron chi connectivity index (χ4n) is 2.63. The Morgan fingerprint density at radius 3 is 2.34 bits per heavy atom. The monoisotopic (exact) mass is 517 g/mol. The molecule has 2 aromatic carbocycles. The minimum atomic E-state index is -3.98. The smallest absolute Gasteiger partial charge is 0.321 e. The van der Waals surface area contributed by atoms with Crippen molar-refractivity contribution >= 4 is 50.8 Å². The third-order valence-corrected chi connectivity index (χ3v) is 5.84. The lowest BCUT2D eigenvalue weighted by Gasteiger charge is -2.11.